The molecular weight excluding hydrogens is 351 g/mol. The van der Waals surface area contributed by atoms with Gasteiger partial charge in [-0.15, -0.1) is 11.3 Å². The molecule has 2 aromatic rings. The Morgan fingerprint density at radius 2 is 1.85 bits per heavy atom. The number of piperazine rings is 1. The first kappa shape index (κ1) is 18.9. The zero-order chi connectivity index (χ0) is 18.5. The van der Waals surface area contributed by atoms with Crippen LogP contribution < -0.4 is 5.32 Å². The Kier molecular flexibility index (Phi) is 6.34. The first-order chi connectivity index (χ1) is 12.5. The summed E-state index contributed by atoms with van der Waals surface area (Å²) >= 11 is 1.64. The second kappa shape index (κ2) is 8.70. The van der Waals surface area contributed by atoms with E-state index in [-0.39, 0.29) is 17.8 Å². The molecular formula is C19H25FN4OS. The molecule has 1 fully saturated rings. The minimum absolute atomic E-state index is 0.0947. The molecule has 1 aliphatic heterocycles. The number of nitrogens with zero attached hydrogens (tertiary/aromatic N) is 3. The van der Waals surface area contributed by atoms with Gasteiger partial charge in [0.05, 0.1) is 18.8 Å². The Bertz CT molecular complexity index is 723. The van der Waals surface area contributed by atoms with Crippen LogP contribution in [0, 0.1) is 5.82 Å². The Morgan fingerprint density at radius 1 is 1.19 bits per heavy atom. The highest BCUT2D eigenvalue weighted by Crippen LogP contribution is 2.23. The van der Waals surface area contributed by atoms with E-state index in [2.05, 4.69) is 20.1 Å². The fraction of sp³-hybridized carbons (Fsp3) is 0.474. The summed E-state index contributed by atoms with van der Waals surface area (Å²) in [6.07, 6.45) is 0. The van der Waals surface area contributed by atoms with E-state index in [0.29, 0.717) is 6.54 Å². The van der Waals surface area contributed by atoms with Gasteiger partial charge in [-0.1, -0.05) is 0 Å². The quantitative estimate of drug-likeness (QED) is 0.842. The van der Waals surface area contributed by atoms with Gasteiger partial charge in [0.2, 0.25) is 5.91 Å². The lowest BCUT2D eigenvalue weighted by Crippen LogP contribution is -2.49. The summed E-state index contributed by atoms with van der Waals surface area (Å²) in [5.41, 5.74) is 1.84. The van der Waals surface area contributed by atoms with Gasteiger partial charge in [0.25, 0.3) is 0 Å². The van der Waals surface area contributed by atoms with Crippen LogP contribution >= 0.6 is 11.3 Å². The maximum Gasteiger partial charge on any atom is 0.234 e. The lowest BCUT2D eigenvalue weighted by molar-refractivity contribution is -0.123. The summed E-state index contributed by atoms with van der Waals surface area (Å²) in [6.45, 7) is 8.88. The van der Waals surface area contributed by atoms with Crippen molar-refractivity contribution in [2.24, 2.45) is 0 Å². The molecule has 1 N–H and O–H groups in total. The molecule has 1 amide bonds. The third-order valence-electron chi connectivity index (χ3n) is 4.33. The topological polar surface area (TPSA) is 48.5 Å². The smallest absolute Gasteiger partial charge is 0.234 e. The number of aromatic nitrogens is 1. The highest BCUT2D eigenvalue weighted by Gasteiger charge is 2.20. The molecule has 2 heterocycles. The number of halogens is 1. The summed E-state index contributed by atoms with van der Waals surface area (Å²) in [5, 5.41) is 6.02. The van der Waals surface area contributed by atoms with Gasteiger partial charge in [0, 0.05) is 43.2 Å². The average Bonchev–Trinajstić information content (AvgIpc) is 3.05. The molecule has 5 nitrogen and oxygen atoms in total. The minimum atomic E-state index is -0.232. The van der Waals surface area contributed by atoms with E-state index in [4.69, 9.17) is 0 Å². The molecule has 1 aromatic heterocycles. The fourth-order valence-electron chi connectivity index (χ4n) is 3.00. The zero-order valence-electron chi connectivity index (χ0n) is 15.2. The van der Waals surface area contributed by atoms with Gasteiger partial charge in [-0.25, -0.2) is 9.37 Å². The Morgan fingerprint density at radius 3 is 2.50 bits per heavy atom. The summed E-state index contributed by atoms with van der Waals surface area (Å²) in [4.78, 5) is 21.1. The lowest BCUT2D eigenvalue weighted by Gasteiger charge is -2.33. The number of rotatable bonds is 6. The van der Waals surface area contributed by atoms with Crippen LogP contribution in [0.4, 0.5) is 4.39 Å². The van der Waals surface area contributed by atoms with Crippen LogP contribution in [0.1, 0.15) is 18.9 Å². The van der Waals surface area contributed by atoms with Gasteiger partial charge in [-0.05, 0) is 38.1 Å². The molecule has 0 spiro atoms. The number of carbonyl (C=O) groups is 1. The highest BCUT2D eigenvalue weighted by atomic mass is 32.1. The molecule has 26 heavy (non-hydrogen) atoms. The molecule has 0 aliphatic carbocycles. The standard InChI is InChI=1S/C19H25FN4OS/c1-14(2)21-18(25)11-23-7-9-24(10-8-23)12-19-22-17(13-26-19)15-3-5-16(20)6-4-15/h3-6,13-14H,7-12H2,1-2H3,(H,21,25). The van der Waals surface area contributed by atoms with Gasteiger partial charge in [0.15, 0.2) is 0 Å². The van der Waals surface area contributed by atoms with Crippen LogP contribution in [0.5, 0.6) is 0 Å². The first-order valence-corrected chi connectivity index (χ1v) is 9.82. The highest BCUT2D eigenvalue weighted by molar-refractivity contribution is 7.09. The van der Waals surface area contributed by atoms with Crippen molar-refractivity contribution >= 4 is 17.2 Å². The van der Waals surface area contributed by atoms with Crippen molar-refractivity contribution in [3.05, 3.63) is 40.5 Å². The van der Waals surface area contributed by atoms with Crippen molar-refractivity contribution in [2.45, 2.75) is 26.4 Å². The van der Waals surface area contributed by atoms with Crippen molar-refractivity contribution in [3.63, 3.8) is 0 Å². The van der Waals surface area contributed by atoms with E-state index in [1.54, 1.807) is 23.5 Å². The first-order valence-electron chi connectivity index (χ1n) is 8.94. The fourth-order valence-corrected chi connectivity index (χ4v) is 3.85. The second-order valence-electron chi connectivity index (χ2n) is 6.91. The Balaban J connectivity index is 1.48. The third-order valence-corrected chi connectivity index (χ3v) is 5.17. The normalized spacial score (nSPS) is 16.2. The van der Waals surface area contributed by atoms with E-state index in [1.807, 2.05) is 19.2 Å². The predicted molar refractivity (Wildman–Crippen MR) is 103 cm³/mol. The zero-order valence-corrected chi connectivity index (χ0v) is 16.1. The summed E-state index contributed by atoms with van der Waals surface area (Å²) in [7, 11) is 0. The lowest BCUT2D eigenvalue weighted by atomic mass is 10.2. The van der Waals surface area contributed by atoms with E-state index in [1.165, 1.54) is 12.1 Å². The van der Waals surface area contributed by atoms with Crippen LogP contribution in [0.25, 0.3) is 11.3 Å². The van der Waals surface area contributed by atoms with Crippen molar-refractivity contribution in [1.29, 1.82) is 0 Å². The monoisotopic (exact) mass is 376 g/mol. The van der Waals surface area contributed by atoms with Gasteiger partial charge in [0.1, 0.15) is 10.8 Å². The van der Waals surface area contributed by atoms with Crippen LogP contribution in [-0.4, -0.2) is 59.5 Å². The number of nitrogens with one attached hydrogen (secondary N) is 1. The number of amides is 1. The van der Waals surface area contributed by atoms with Crippen molar-refractivity contribution in [1.82, 2.24) is 20.1 Å². The molecule has 7 heteroatoms. The number of hydrogen-bond acceptors (Lipinski definition) is 5. The van der Waals surface area contributed by atoms with Crippen LogP contribution in [-0.2, 0) is 11.3 Å². The summed E-state index contributed by atoms with van der Waals surface area (Å²) in [5.74, 6) is -0.138. The van der Waals surface area contributed by atoms with Gasteiger partial charge >= 0.3 is 0 Å². The number of hydrogen-bond donors (Lipinski definition) is 1. The van der Waals surface area contributed by atoms with Crippen molar-refractivity contribution in [2.75, 3.05) is 32.7 Å². The molecule has 0 unspecified atom stereocenters. The Hall–Kier alpha value is -1.83. The van der Waals surface area contributed by atoms with Gasteiger partial charge in [-0.2, -0.15) is 0 Å². The maximum atomic E-state index is 13.0. The van der Waals surface area contributed by atoms with Crippen LogP contribution in [0.2, 0.25) is 0 Å². The Labute approximate surface area is 157 Å². The average molecular weight is 377 g/mol. The van der Waals surface area contributed by atoms with Crippen LogP contribution in [0.3, 0.4) is 0 Å². The second-order valence-corrected chi connectivity index (χ2v) is 7.85. The predicted octanol–water partition coefficient (Wildman–Crippen LogP) is 2.59. The molecule has 0 atom stereocenters. The van der Waals surface area contributed by atoms with E-state index < -0.39 is 0 Å². The largest absolute Gasteiger partial charge is 0.353 e. The molecule has 140 valence electrons. The van der Waals surface area contributed by atoms with Gasteiger partial charge in [-0.3, -0.25) is 14.6 Å². The maximum absolute atomic E-state index is 13.0. The molecule has 1 aliphatic rings. The number of carbonyl (C=O) groups excluding carboxylic acids is 1. The molecule has 1 saturated heterocycles. The van der Waals surface area contributed by atoms with E-state index >= 15 is 0 Å². The third kappa shape index (κ3) is 5.33. The number of benzene rings is 1. The van der Waals surface area contributed by atoms with Crippen molar-refractivity contribution < 1.29 is 9.18 Å². The number of thiazole rings is 1. The summed E-state index contributed by atoms with van der Waals surface area (Å²) in [6, 6.07) is 6.63. The van der Waals surface area contributed by atoms with E-state index in [0.717, 1.165) is 49.0 Å². The molecule has 0 radical (unpaired) electrons. The van der Waals surface area contributed by atoms with E-state index in [9.17, 15) is 9.18 Å². The molecule has 3 rings (SSSR count). The SMILES string of the molecule is CC(C)NC(=O)CN1CCN(Cc2nc(-c3ccc(F)cc3)cs2)CC1. The summed E-state index contributed by atoms with van der Waals surface area (Å²) < 4.78 is 13.0. The minimum Gasteiger partial charge on any atom is -0.353 e. The molecule has 1 aromatic carbocycles. The molecule has 0 saturated carbocycles. The van der Waals surface area contributed by atoms with Gasteiger partial charge < -0.3 is 5.32 Å². The van der Waals surface area contributed by atoms with Crippen LogP contribution in [0.15, 0.2) is 29.6 Å². The molecule has 0 bridgehead atoms. The van der Waals surface area contributed by atoms with Crippen molar-refractivity contribution in [3.8, 4) is 11.3 Å².